The number of carbonyl (C=O) groups is 1. The van der Waals surface area contributed by atoms with E-state index in [0.29, 0.717) is 28.4 Å². The number of nitrogens with zero attached hydrogens (tertiary/aromatic N) is 3. The summed E-state index contributed by atoms with van der Waals surface area (Å²) in [5.41, 5.74) is 2.52. The molecule has 1 aromatic heterocycles. The molecule has 1 N–H and O–H groups in total. The van der Waals surface area contributed by atoms with Gasteiger partial charge in [0.05, 0.1) is 11.5 Å². The second kappa shape index (κ2) is 10.8. The molecule has 1 heterocycles. The number of sulfonamides is 1. The average molecular weight is 499 g/mol. The standard InChI is InChI=1S/C24H26N4O4S2/c1-5-32-24(29)21-23(33-4)27-22(16(2)3)28(21)14-17-10-12-18(13-11-17)19-8-6-7-9-20(19)34(30,31)26-15-25/h6-13,16,26H,5,14H2,1-4H3. The van der Waals surface area contributed by atoms with E-state index >= 15 is 0 Å². The van der Waals surface area contributed by atoms with Gasteiger partial charge in [-0.3, -0.25) is 0 Å². The Morgan fingerprint density at radius 1 is 1.21 bits per heavy atom. The molecule has 34 heavy (non-hydrogen) atoms. The lowest BCUT2D eigenvalue weighted by molar-refractivity contribution is 0.0509. The Kier molecular flexibility index (Phi) is 8.02. The lowest BCUT2D eigenvalue weighted by Gasteiger charge is -2.14. The topological polar surface area (TPSA) is 114 Å². The molecule has 0 fully saturated rings. The van der Waals surface area contributed by atoms with Crippen LogP contribution in [0.1, 0.15) is 48.6 Å². The molecule has 3 aromatic rings. The van der Waals surface area contributed by atoms with Gasteiger partial charge in [-0.15, -0.1) is 11.8 Å². The third-order valence-corrected chi connectivity index (χ3v) is 7.07. The highest BCUT2D eigenvalue weighted by Crippen LogP contribution is 2.30. The smallest absolute Gasteiger partial charge is 0.357 e. The molecule has 178 valence electrons. The molecule has 0 unspecified atom stereocenters. The third kappa shape index (κ3) is 5.26. The maximum absolute atomic E-state index is 12.7. The third-order valence-electron chi connectivity index (χ3n) is 5.11. The van der Waals surface area contributed by atoms with Gasteiger partial charge in [-0.05, 0) is 30.4 Å². The first-order chi connectivity index (χ1) is 16.2. The summed E-state index contributed by atoms with van der Waals surface area (Å²) in [6, 6.07) is 13.9. The number of carbonyl (C=O) groups excluding carboxylic acids is 1. The second-order valence-electron chi connectivity index (χ2n) is 7.70. The molecule has 8 nitrogen and oxygen atoms in total. The highest BCUT2D eigenvalue weighted by atomic mass is 32.2. The van der Waals surface area contributed by atoms with Gasteiger partial charge in [0, 0.05) is 18.0 Å². The quantitative estimate of drug-likeness (QED) is 0.201. The van der Waals surface area contributed by atoms with Crippen molar-refractivity contribution in [2.24, 2.45) is 0 Å². The molecule has 10 heteroatoms. The fourth-order valence-corrected chi connectivity index (χ4v) is 5.15. The van der Waals surface area contributed by atoms with Gasteiger partial charge in [0.25, 0.3) is 10.0 Å². The second-order valence-corrected chi connectivity index (χ2v) is 10.1. The Hall–Kier alpha value is -3.29. The fraction of sp³-hybridized carbons (Fsp3) is 0.292. The molecular weight excluding hydrogens is 472 g/mol. The van der Waals surface area contributed by atoms with Crippen LogP contribution in [-0.2, 0) is 21.3 Å². The number of nitriles is 1. The van der Waals surface area contributed by atoms with Crippen LogP contribution in [-0.4, -0.2) is 36.8 Å². The zero-order valence-corrected chi connectivity index (χ0v) is 21.0. The van der Waals surface area contributed by atoms with E-state index in [1.807, 2.05) is 53.7 Å². The van der Waals surface area contributed by atoms with Gasteiger partial charge in [0.1, 0.15) is 10.9 Å². The zero-order chi connectivity index (χ0) is 24.9. The number of nitrogens with one attached hydrogen (secondary N) is 1. The molecule has 0 spiro atoms. The molecule has 2 aromatic carbocycles. The molecule has 0 saturated heterocycles. The van der Waals surface area contributed by atoms with Gasteiger partial charge in [0.15, 0.2) is 11.9 Å². The zero-order valence-electron chi connectivity index (χ0n) is 19.4. The maximum atomic E-state index is 12.7. The number of hydrogen-bond acceptors (Lipinski definition) is 7. The number of imidazole rings is 1. The maximum Gasteiger partial charge on any atom is 0.357 e. The molecule has 0 atom stereocenters. The Morgan fingerprint density at radius 2 is 1.88 bits per heavy atom. The molecule has 0 saturated carbocycles. The molecule has 0 amide bonds. The molecule has 0 bridgehead atoms. The largest absolute Gasteiger partial charge is 0.461 e. The van der Waals surface area contributed by atoms with E-state index in [1.165, 1.54) is 24.0 Å². The first kappa shape index (κ1) is 25.3. The van der Waals surface area contributed by atoms with Crippen LogP contribution in [0.25, 0.3) is 11.1 Å². The van der Waals surface area contributed by atoms with Gasteiger partial charge in [-0.1, -0.05) is 56.3 Å². The van der Waals surface area contributed by atoms with Gasteiger partial charge in [-0.2, -0.15) is 5.26 Å². The number of hydrogen-bond donors (Lipinski definition) is 1. The van der Waals surface area contributed by atoms with Crippen LogP contribution in [0.3, 0.4) is 0 Å². The molecule has 0 radical (unpaired) electrons. The SMILES string of the molecule is CCOC(=O)c1c(SC)nc(C(C)C)n1Cc1ccc(-c2ccccc2S(=O)(=O)NC#N)cc1. The van der Waals surface area contributed by atoms with Crippen molar-refractivity contribution in [3.63, 3.8) is 0 Å². The Balaban J connectivity index is 2.01. The minimum Gasteiger partial charge on any atom is -0.461 e. The molecular formula is C24H26N4O4S2. The first-order valence-corrected chi connectivity index (χ1v) is 13.3. The fourth-order valence-electron chi connectivity index (χ4n) is 3.61. The monoisotopic (exact) mass is 498 g/mol. The van der Waals surface area contributed by atoms with E-state index in [0.717, 1.165) is 11.4 Å². The lowest BCUT2D eigenvalue weighted by atomic mass is 10.0. The van der Waals surface area contributed by atoms with Crippen molar-refractivity contribution in [2.45, 2.75) is 43.2 Å². The van der Waals surface area contributed by atoms with E-state index in [2.05, 4.69) is 4.98 Å². The summed E-state index contributed by atoms with van der Waals surface area (Å²) < 4.78 is 33.9. The van der Waals surface area contributed by atoms with Crippen molar-refractivity contribution < 1.29 is 17.9 Å². The van der Waals surface area contributed by atoms with Crippen molar-refractivity contribution in [2.75, 3.05) is 12.9 Å². The summed E-state index contributed by atoms with van der Waals surface area (Å²) >= 11 is 1.40. The van der Waals surface area contributed by atoms with Crippen LogP contribution in [0.2, 0.25) is 0 Å². The number of benzene rings is 2. The van der Waals surface area contributed by atoms with Crippen LogP contribution in [0.4, 0.5) is 0 Å². The van der Waals surface area contributed by atoms with Gasteiger partial charge in [-0.25, -0.2) is 22.9 Å². The normalized spacial score (nSPS) is 11.3. The number of rotatable bonds is 9. The van der Waals surface area contributed by atoms with Crippen molar-refractivity contribution in [3.8, 4) is 17.3 Å². The number of aromatic nitrogens is 2. The van der Waals surface area contributed by atoms with E-state index in [1.54, 1.807) is 25.1 Å². The minimum absolute atomic E-state index is 0.0233. The lowest BCUT2D eigenvalue weighted by Crippen LogP contribution is -2.18. The van der Waals surface area contributed by atoms with Crippen LogP contribution >= 0.6 is 11.8 Å². The summed E-state index contributed by atoms with van der Waals surface area (Å²) in [5, 5.41) is 9.42. The number of ether oxygens (including phenoxy) is 1. The van der Waals surface area contributed by atoms with E-state index in [9.17, 15) is 13.2 Å². The summed E-state index contributed by atoms with van der Waals surface area (Å²) in [4.78, 5) is 17.4. The molecule has 3 rings (SSSR count). The summed E-state index contributed by atoms with van der Waals surface area (Å²) in [7, 11) is -3.96. The number of thioether (sulfide) groups is 1. The summed E-state index contributed by atoms with van der Waals surface area (Å²) in [5.74, 6) is 0.473. The number of esters is 1. The first-order valence-electron chi connectivity index (χ1n) is 10.6. The van der Waals surface area contributed by atoms with Gasteiger partial charge in [0.2, 0.25) is 0 Å². The summed E-state index contributed by atoms with van der Waals surface area (Å²) in [6.07, 6.45) is 3.36. The molecule has 0 aliphatic heterocycles. The van der Waals surface area contributed by atoms with E-state index in [-0.39, 0.29) is 17.4 Å². The van der Waals surface area contributed by atoms with Crippen LogP contribution < -0.4 is 4.72 Å². The van der Waals surface area contributed by atoms with Crippen molar-refractivity contribution in [3.05, 3.63) is 65.6 Å². The Morgan fingerprint density at radius 3 is 2.47 bits per heavy atom. The minimum atomic E-state index is -3.96. The molecule has 0 aliphatic rings. The van der Waals surface area contributed by atoms with Crippen LogP contribution in [0.15, 0.2) is 58.5 Å². The van der Waals surface area contributed by atoms with Crippen molar-refractivity contribution in [1.82, 2.24) is 14.3 Å². The van der Waals surface area contributed by atoms with E-state index < -0.39 is 16.0 Å². The van der Waals surface area contributed by atoms with Gasteiger partial charge >= 0.3 is 5.97 Å². The predicted octanol–water partition coefficient (Wildman–Crippen LogP) is 4.38. The highest BCUT2D eigenvalue weighted by Gasteiger charge is 2.25. The van der Waals surface area contributed by atoms with E-state index in [4.69, 9.17) is 10.00 Å². The van der Waals surface area contributed by atoms with Gasteiger partial charge < -0.3 is 9.30 Å². The van der Waals surface area contributed by atoms with Crippen LogP contribution in [0, 0.1) is 11.5 Å². The Bertz CT molecular complexity index is 1320. The average Bonchev–Trinajstić information content (AvgIpc) is 3.18. The predicted molar refractivity (Wildman–Crippen MR) is 131 cm³/mol. The van der Waals surface area contributed by atoms with Crippen molar-refractivity contribution in [1.29, 1.82) is 5.26 Å². The van der Waals surface area contributed by atoms with Crippen LogP contribution in [0.5, 0.6) is 0 Å². The summed E-state index contributed by atoms with van der Waals surface area (Å²) in [6.45, 7) is 6.49. The molecule has 0 aliphatic carbocycles. The highest BCUT2D eigenvalue weighted by molar-refractivity contribution is 7.98. The van der Waals surface area contributed by atoms with Crippen molar-refractivity contribution >= 4 is 27.8 Å². The Labute approximate surface area is 204 Å².